The fraction of sp³-hybridized carbons (Fsp3) is 0. The van der Waals surface area contributed by atoms with Crippen LogP contribution in [0.15, 0.2) is 40.5 Å². The zero-order valence-corrected chi connectivity index (χ0v) is 9.29. The summed E-state index contributed by atoms with van der Waals surface area (Å²) in [7, 11) is 0. The summed E-state index contributed by atoms with van der Waals surface area (Å²) in [4.78, 5) is 18.0. The zero-order chi connectivity index (χ0) is 13.0. The molecular weight excluding hydrogens is 230 g/mol. The van der Waals surface area contributed by atoms with Crippen LogP contribution in [0.4, 0.5) is 0 Å². The topological polar surface area (TPSA) is 108 Å². The molecule has 88 valence electrons. The molecule has 2 aromatic heterocycles. The fourth-order valence-corrected chi connectivity index (χ4v) is 1.57. The Morgan fingerprint density at radius 2 is 2.17 bits per heavy atom. The van der Waals surface area contributed by atoms with Crippen molar-refractivity contribution in [3.05, 3.63) is 52.2 Å². The first-order chi connectivity index (χ1) is 8.76. The van der Waals surface area contributed by atoms with Crippen molar-refractivity contribution in [2.24, 2.45) is 10.9 Å². The van der Waals surface area contributed by atoms with E-state index in [1.54, 1.807) is 24.5 Å². The second-order valence-electron chi connectivity index (χ2n) is 3.47. The maximum absolute atomic E-state index is 11.5. The van der Waals surface area contributed by atoms with Crippen molar-refractivity contribution in [1.82, 2.24) is 9.97 Å². The molecule has 18 heavy (non-hydrogen) atoms. The number of hydrogen-bond donors (Lipinski definition) is 2. The molecule has 0 saturated heterocycles. The van der Waals surface area contributed by atoms with Gasteiger partial charge >= 0.3 is 0 Å². The molecule has 2 rings (SSSR count). The van der Waals surface area contributed by atoms with Crippen molar-refractivity contribution in [2.75, 3.05) is 0 Å². The highest BCUT2D eigenvalue weighted by atomic mass is 16.1. The molecule has 6 heteroatoms. The second-order valence-corrected chi connectivity index (χ2v) is 3.47. The lowest BCUT2D eigenvalue weighted by atomic mass is 10.0. The lowest BCUT2D eigenvalue weighted by Gasteiger charge is -2.05. The second kappa shape index (κ2) is 4.93. The van der Waals surface area contributed by atoms with Crippen molar-refractivity contribution in [2.45, 2.75) is 0 Å². The minimum absolute atomic E-state index is 0.0379. The van der Waals surface area contributed by atoms with Gasteiger partial charge in [-0.1, -0.05) is 0 Å². The van der Waals surface area contributed by atoms with Crippen LogP contribution in [-0.4, -0.2) is 16.2 Å². The summed E-state index contributed by atoms with van der Waals surface area (Å²) in [5, 5.41) is 12.3. The van der Waals surface area contributed by atoms with E-state index in [1.165, 1.54) is 12.3 Å². The zero-order valence-electron chi connectivity index (χ0n) is 9.29. The minimum atomic E-state index is -0.467. The molecule has 0 bridgehead atoms. The summed E-state index contributed by atoms with van der Waals surface area (Å²) in [6, 6.07) is 6.88. The molecule has 0 atom stereocenters. The van der Waals surface area contributed by atoms with E-state index in [9.17, 15) is 4.79 Å². The number of nitriles is 1. The molecule has 0 aliphatic carbocycles. The molecule has 2 heterocycles. The summed E-state index contributed by atoms with van der Waals surface area (Å²) in [6.45, 7) is 0. The first-order valence-electron chi connectivity index (χ1n) is 5.07. The molecule has 0 aliphatic heterocycles. The third-order valence-corrected chi connectivity index (χ3v) is 2.39. The van der Waals surface area contributed by atoms with Crippen LogP contribution in [0.3, 0.4) is 0 Å². The van der Waals surface area contributed by atoms with Crippen molar-refractivity contribution in [3.63, 3.8) is 0 Å². The lowest BCUT2D eigenvalue weighted by Crippen LogP contribution is -2.14. The molecule has 0 aromatic carbocycles. The quantitative estimate of drug-likeness (QED) is 0.454. The average molecular weight is 239 g/mol. The highest BCUT2D eigenvalue weighted by Crippen LogP contribution is 2.20. The van der Waals surface area contributed by atoms with E-state index in [0.717, 1.165) is 5.56 Å². The van der Waals surface area contributed by atoms with Gasteiger partial charge in [-0.15, -0.1) is 0 Å². The van der Waals surface area contributed by atoms with Gasteiger partial charge in [0.05, 0.1) is 11.9 Å². The SMILES string of the molecule is N#Cc1cc(-c2ccncc2)c(C=NN)[nH]c1=O. The predicted molar refractivity (Wildman–Crippen MR) is 66.8 cm³/mol. The fourth-order valence-electron chi connectivity index (χ4n) is 1.57. The highest BCUT2D eigenvalue weighted by molar-refractivity contribution is 5.88. The van der Waals surface area contributed by atoms with Crippen LogP contribution in [0.5, 0.6) is 0 Å². The van der Waals surface area contributed by atoms with E-state index in [4.69, 9.17) is 11.1 Å². The Morgan fingerprint density at radius 1 is 1.44 bits per heavy atom. The third-order valence-electron chi connectivity index (χ3n) is 2.39. The third kappa shape index (κ3) is 2.10. The summed E-state index contributed by atoms with van der Waals surface area (Å²) in [5.74, 6) is 5.10. The Bertz CT molecular complexity index is 682. The molecule has 6 nitrogen and oxygen atoms in total. The van der Waals surface area contributed by atoms with Gasteiger partial charge in [-0.05, 0) is 23.8 Å². The molecule has 0 spiro atoms. The lowest BCUT2D eigenvalue weighted by molar-refractivity contribution is 1.18. The maximum atomic E-state index is 11.5. The van der Waals surface area contributed by atoms with Gasteiger partial charge in [0, 0.05) is 18.0 Å². The number of pyridine rings is 2. The predicted octanol–water partition coefficient (Wildman–Crippen LogP) is 0.601. The monoisotopic (exact) mass is 239 g/mol. The summed E-state index contributed by atoms with van der Waals surface area (Å²) < 4.78 is 0. The van der Waals surface area contributed by atoms with Crippen LogP contribution < -0.4 is 11.4 Å². The van der Waals surface area contributed by atoms with Gasteiger partial charge in [0.2, 0.25) is 0 Å². The van der Waals surface area contributed by atoms with Gasteiger partial charge in [0.25, 0.3) is 5.56 Å². The van der Waals surface area contributed by atoms with Crippen LogP contribution in [-0.2, 0) is 0 Å². The number of nitrogens with zero attached hydrogens (tertiary/aromatic N) is 3. The van der Waals surface area contributed by atoms with Gasteiger partial charge in [0.1, 0.15) is 11.6 Å². The molecule has 2 aromatic rings. The summed E-state index contributed by atoms with van der Waals surface area (Å²) in [5.41, 5.74) is 1.50. The number of hydrogen-bond acceptors (Lipinski definition) is 5. The number of aromatic amines is 1. The number of hydrazone groups is 1. The van der Waals surface area contributed by atoms with Gasteiger partial charge in [-0.25, -0.2) is 0 Å². The number of nitrogens with one attached hydrogen (secondary N) is 1. The molecular formula is C12H9N5O. The van der Waals surface area contributed by atoms with Crippen molar-refractivity contribution in [1.29, 1.82) is 5.26 Å². The van der Waals surface area contributed by atoms with E-state index in [1.807, 2.05) is 6.07 Å². The molecule has 0 unspecified atom stereocenters. The average Bonchev–Trinajstić information content (AvgIpc) is 2.40. The van der Waals surface area contributed by atoms with Crippen LogP contribution >= 0.6 is 0 Å². The maximum Gasteiger partial charge on any atom is 0.266 e. The van der Waals surface area contributed by atoms with Crippen LogP contribution in [0.25, 0.3) is 11.1 Å². The molecule has 0 saturated carbocycles. The number of aromatic nitrogens is 2. The molecule has 0 radical (unpaired) electrons. The Labute approximate surface area is 102 Å². The number of H-pyrrole nitrogens is 1. The molecule has 0 fully saturated rings. The smallest absolute Gasteiger partial charge is 0.266 e. The number of rotatable bonds is 2. The largest absolute Gasteiger partial charge is 0.323 e. The van der Waals surface area contributed by atoms with Crippen molar-refractivity contribution in [3.8, 4) is 17.2 Å². The van der Waals surface area contributed by atoms with Crippen LogP contribution in [0.2, 0.25) is 0 Å². The van der Waals surface area contributed by atoms with E-state index in [-0.39, 0.29) is 5.56 Å². The molecule has 0 amide bonds. The van der Waals surface area contributed by atoms with Gasteiger partial charge in [-0.3, -0.25) is 9.78 Å². The summed E-state index contributed by atoms with van der Waals surface area (Å²) in [6.07, 6.45) is 4.57. The first kappa shape index (κ1) is 11.5. The Hall–Kier alpha value is -2.94. The highest BCUT2D eigenvalue weighted by Gasteiger charge is 2.08. The van der Waals surface area contributed by atoms with Crippen LogP contribution in [0.1, 0.15) is 11.3 Å². The van der Waals surface area contributed by atoms with Crippen LogP contribution in [0, 0.1) is 11.3 Å². The van der Waals surface area contributed by atoms with Gasteiger partial charge < -0.3 is 10.8 Å². The van der Waals surface area contributed by atoms with Crippen molar-refractivity contribution >= 4 is 6.21 Å². The minimum Gasteiger partial charge on any atom is -0.323 e. The van der Waals surface area contributed by atoms with E-state index < -0.39 is 5.56 Å². The van der Waals surface area contributed by atoms with E-state index in [0.29, 0.717) is 11.3 Å². The Kier molecular flexibility index (Phi) is 3.16. The molecule has 0 aliphatic rings. The van der Waals surface area contributed by atoms with E-state index >= 15 is 0 Å². The number of nitrogens with two attached hydrogens (primary N) is 1. The summed E-state index contributed by atoms with van der Waals surface area (Å²) >= 11 is 0. The molecule has 3 N–H and O–H groups in total. The standard InChI is InChI=1S/C12H9N5O/c13-6-9-5-10(8-1-3-15-4-2-8)11(7-16-14)17-12(9)18/h1-5,7H,14H2,(H,17,18). The normalized spacial score (nSPS) is 10.4. The Balaban J connectivity index is 2.72. The van der Waals surface area contributed by atoms with Crippen molar-refractivity contribution < 1.29 is 0 Å². The first-order valence-corrected chi connectivity index (χ1v) is 5.07. The Morgan fingerprint density at radius 3 is 2.78 bits per heavy atom. The van der Waals surface area contributed by atoms with Gasteiger partial charge in [-0.2, -0.15) is 10.4 Å². The van der Waals surface area contributed by atoms with E-state index in [2.05, 4.69) is 15.1 Å². The van der Waals surface area contributed by atoms with Gasteiger partial charge in [0.15, 0.2) is 0 Å².